The number of nitrogens with two attached hydrogens (primary N) is 1. The van der Waals surface area contributed by atoms with E-state index in [1.165, 1.54) is 11.9 Å². The lowest BCUT2D eigenvalue weighted by molar-refractivity contribution is -0.130. The van der Waals surface area contributed by atoms with Gasteiger partial charge in [0, 0.05) is 48.0 Å². The number of amidine groups is 1. The molecule has 168 valence electrons. The van der Waals surface area contributed by atoms with Gasteiger partial charge in [0.1, 0.15) is 18.0 Å². The van der Waals surface area contributed by atoms with Gasteiger partial charge in [-0.05, 0) is 44.2 Å². The highest BCUT2D eigenvalue weighted by Gasteiger charge is 2.45. The van der Waals surface area contributed by atoms with E-state index in [0.717, 1.165) is 52.3 Å². The van der Waals surface area contributed by atoms with Crippen LogP contribution in [0.5, 0.6) is 5.75 Å². The molecule has 2 N–H and O–H groups in total. The van der Waals surface area contributed by atoms with Crippen molar-refractivity contribution in [3.8, 4) is 5.75 Å². The summed E-state index contributed by atoms with van der Waals surface area (Å²) in [7, 11) is 1.67. The summed E-state index contributed by atoms with van der Waals surface area (Å²) >= 11 is 1.41. The van der Waals surface area contributed by atoms with Crippen LogP contribution in [0.1, 0.15) is 43.0 Å². The van der Waals surface area contributed by atoms with Gasteiger partial charge in [-0.2, -0.15) is 19.7 Å². The first kappa shape index (κ1) is 21.0. The molecule has 32 heavy (non-hydrogen) atoms. The Hall–Kier alpha value is -2.88. The molecule has 5 rings (SSSR count). The maximum absolute atomic E-state index is 12.5. The molecule has 2 aliphatic carbocycles. The predicted molar refractivity (Wildman–Crippen MR) is 126 cm³/mol. The van der Waals surface area contributed by atoms with E-state index in [9.17, 15) is 4.79 Å². The summed E-state index contributed by atoms with van der Waals surface area (Å²) in [4.78, 5) is 19.1. The van der Waals surface area contributed by atoms with Crippen LogP contribution in [0.2, 0.25) is 0 Å². The smallest absolute Gasteiger partial charge is 0.220 e. The second-order valence-corrected chi connectivity index (χ2v) is 9.33. The largest absolute Gasteiger partial charge is 0.496 e. The molecule has 1 amide bonds. The third-order valence-corrected chi connectivity index (χ3v) is 7.16. The molecule has 0 spiro atoms. The molecular formula is C22H27N7O2S. The first-order valence-corrected chi connectivity index (χ1v) is 11.7. The van der Waals surface area contributed by atoms with Crippen molar-refractivity contribution in [3.05, 3.63) is 34.2 Å². The maximum Gasteiger partial charge on any atom is 0.220 e. The molecule has 1 saturated carbocycles. The van der Waals surface area contributed by atoms with Crippen LogP contribution in [0.3, 0.4) is 0 Å². The zero-order valence-corrected chi connectivity index (χ0v) is 19.6. The number of nitrogens with zero attached hydrogens (tertiary/aromatic N) is 6. The van der Waals surface area contributed by atoms with Gasteiger partial charge in [0.25, 0.3) is 0 Å². The molecule has 3 heterocycles. The van der Waals surface area contributed by atoms with Crippen LogP contribution in [-0.4, -0.2) is 63.1 Å². The van der Waals surface area contributed by atoms with Crippen molar-refractivity contribution in [3.63, 3.8) is 0 Å². The second-order valence-electron chi connectivity index (χ2n) is 8.60. The van der Waals surface area contributed by atoms with Crippen molar-refractivity contribution < 1.29 is 9.53 Å². The Labute approximate surface area is 191 Å². The third kappa shape index (κ3) is 3.46. The minimum atomic E-state index is -0.00756. The number of pyridine rings is 1. The summed E-state index contributed by atoms with van der Waals surface area (Å²) in [6.45, 7) is 6.01. The van der Waals surface area contributed by atoms with Gasteiger partial charge >= 0.3 is 0 Å². The summed E-state index contributed by atoms with van der Waals surface area (Å²) in [6, 6.07) is 0.313. The molecule has 2 aliphatic heterocycles. The summed E-state index contributed by atoms with van der Waals surface area (Å²) in [5.41, 5.74) is 12.8. The van der Waals surface area contributed by atoms with E-state index < -0.39 is 0 Å². The number of aromatic nitrogens is 1. The van der Waals surface area contributed by atoms with Crippen LogP contribution in [0, 0.1) is 13.8 Å². The fourth-order valence-corrected chi connectivity index (χ4v) is 5.58. The first-order valence-electron chi connectivity index (χ1n) is 10.8. The van der Waals surface area contributed by atoms with E-state index in [-0.39, 0.29) is 11.9 Å². The van der Waals surface area contributed by atoms with Crippen LogP contribution in [0.4, 0.5) is 0 Å². The number of ether oxygens (including phenoxy) is 1. The van der Waals surface area contributed by atoms with Gasteiger partial charge < -0.3 is 15.4 Å². The number of aryl methyl sites for hydroxylation is 1. The lowest BCUT2D eigenvalue weighted by Crippen LogP contribution is -2.41. The van der Waals surface area contributed by atoms with Crippen LogP contribution in [0.15, 0.2) is 31.9 Å². The van der Waals surface area contributed by atoms with Crippen molar-refractivity contribution in [2.75, 3.05) is 12.9 Å². The van der Waals surface area contributed by atoms with Crippen molar-refractivity contribution in [1.29, 1.82) is 0 Å². The van der Waals surface area contributed by atoms with Gasteiger partial charge in [0.15, 0.2) is 5.84 Å². The molecule has 1 unspecified atom stereocenters. The van der Waals surface area contributed by atoms with E-state index in [4.69, 9.17) is 20.7 Å². The van der Waals surface area contributed by atoms with Gasteiger partial charge in [-0.15, -0.1) is 0 Å². The SMILES string of the molecule is COc1c(C)cnc(CN2N=C3CC(N(C(C)=O)C4CC4)C4=C3C(=N2)C(N)=NSC4)c1C. The highest BCUT2D eigenvalue weighted by atomic mass is 32.2. The summed E-state index contributed by atoms with van der Waals surface area (Å²) < 4.78 is 9.99. The highest BCUT2D eigenvalue weighted by molar-refractivity contribution is 7.98. The van der Waals surface area contributed by atoms with Crippen LogP contribution in [-0.2, 0) is 11.3 Å². The van der Waals surface area contributed by atoms with Gasteiger partial charge in [0.2, 0.25) is 5.91 Å². The maximum atomic E-state index is 12.5. The number of carbonyl (C=O) groups excluding carboxylic acids is 1. The Kier molecular flexibility index (Phi) is 5.19. The van der Waals surface area contributed by atoms with Crippen molar-refractivity contribution in [2.24, 2.45) is 20.3 Å². The second kappa shape index (κ2) is 7.91. The molecule has 0 bridgehead atoms. The fourth-order valence-electron chi connectivity index (χ4n) is 4.81. The molecule has 0 radical (unpaired) electrons. The number of methoxy groups -OCH3 is 1. The number of hydrogen-bond donors (Lipinski definition) is 1. The lowest BCUT2D eigenvalue weighted by Gasteiger charge is -2.29. The van der Waals surface area contributed by atoms with E-state index >= 15 is 0 Å². The number of hydrazone groups is 2. The minimum absolute atomic E-state index is 0.00756. The molecule has 10 heteroatoms. The van der Waals surface area contributed by atoms with Crippen LogP contribution < -0.4 is 10.5 Å². The normalized spacial score (nSPS) is 22.1. The van der Waals surface area contributed by atoms with Crippen LogP contribution >= 0.6 is 11.9 Å². The number of carbonyl (C=O) groups is 1. The molecule has 1 atom stereocenters. The summed E-state index contributed by atoms with van der Waals surface area (Å²) in [6.07, 6.45) is 4.60. The average molecular weight is 454 g/mol. The van der Waals surface area contributed by atoms with Crippen LogP contribution in [0.25, 0.3) is 0 Å². The summed E-state index contributed by atoms with van der Waals surface area (Å²) in [5.74, 6) is 2.01. The quantitative estimate of drug-likeness (QED) is 0.686. The molecule has 0 saturated heterocycles. The fraction of sp³-hybridized carbons (Fsp3) is 0.500. The number of amides is 1. The van der Waals surface area contributed by atoms with E-state index in [0.29, 0.717) is 36.3 Å². The van der Waals surface area contributed by atoms with Gasteiger partial charge in [-0.1, -0.05) is 0 Å². The zero-order valence-electron chi connectivity index (χ0n) is 18.8. The zero-order chi connectivity index (χ0) is 22.6. The molecule has 9 nitrogen and oxygen atoms in total. The highest BCUT2D eigenvalue weighted by Crippen LogP contribution is 2.40. The minimum Gasteiger partial charge on any atom is -0.496 e. The molecule has 1 aromatic rings. The average Bonchev–Trinajstić information content (AvgIpc) is 3.53. The number of hydrogen-bond acceptors (Lipinski definition) is 9. The van der Waals surface area contributed by atoms with Crippen molar-refractivity contribution >= 4 is 35.1 Å². The molecule has 0 aromatic carbocycles. The summed E-state index contributed by atoms with van der Waals surface area (Å²) in [5, 5.41) is 11.2. The Balaban J connectivity index is 1.52. The molecular weight excluding hydrogens is 426 g/mol. The monoisotopic (exact) mass is 453 g/mol. The van der Waals surface area contributed by atoms with Gasteiger partial charge in [-0.25, -0.2) is 0 Å². The molecule has 4 aliphatic rings. The molecule has 1 fully saturated rings. The van der Waals surface area contributed by atoms with Gasteiger partial charge in [0.05, 0.1) is 24.6 Å². The third-order valence-electron chi connectivity index (χ3n) is 6.39. The predicted octanol–water partition coefficient (Wildman–Crippen LogP) is 2.33. The van der Waals surface area contributed by atoms with E-state index in [2.05, 4.69) is 9.38 Å². The van der Waals surface area contributed by atoms with E-state index in [1.807, 2.05) is 18.7 Å². The standard InChI is InChI=1S/C22H27N7O2S/c1-11-8-24-17(12(2)21(11)31-4)9-28-25-16-7-18(29(13(3)30)14-5-6-14)15-10-32-27-22(23)20(26-28)19(15)16/h8,14,18H,5-7,9-10H2,1-4H3,(H2,23,27). The van der Waals surface area contributed by atoms with Crippen molar-refractivity contribution in [2.45, 2.75) is 58.7 Å². The molecule has 1 aromatic heterocycles. The van der Waals surface area contributed by atoms with E-state index in [1.54, 1.807) is 25.3 Å². The van der Waals surface area contributed by atoms with Crippen molar-refractivity contribution in [1.82, 2.24) is 15.0 Å². The topological polar surface area (TPSA) is 109 Å². The number of rotatable bonds is 5. The Morgan fingerprint density at radius 1 is 1.34 bits per heavy atom. The van der Waals surface area contributed by atoms with Gasteiger partial charge in [-0.3, -0.25) is 9.78 Å². The Morgan fingerprint density at radius 3 is 2.81 bits per heavy atom. The Morgan fingerprint density at radius 2 is 2.12 bits per heavy atom. The Bertz CT molecular complexity index is 1120. The lowest BCUT2D eigenvalue weighted by atomic mass is 10.0. The first-order chi connectivity index (χ1) is 15.4.